The van der Waals surface area contributed by atoms with E-state index in [4.69, 9.17) is 14.1 Å². The summed E-state index contributed by atoms with van der Waals surface area (Å²) >= 11 is 0. The van der Waals surface area contributed by atoms with Crippen LogP contribution in [0.3, 0.4) is 0 Å². The molecule has 6 heteroatoms. The van der Waals surface area contributed by atoms with E-state index in [-0.39, 0.29) is 11.5 Å². The summed E-state index contributed by atoms with van der Waals surface area (Å²) in [6.07, 6.45) is 0. The van der Waals surface area contributed by atoms with Gasteiger partial charge in [0.15, 0.2) is 0 Å². The van der Waals surface area contributed by atoms with Crippen LogP contribution in [0.4, 0.5) is 5.69 Å². The zero-order chi connectivity index (χ0) is 13.0. The van der Waals surface area contributed by atoms with Gasteiger partial charge >= 0.3 is 10.4 Å². The van der Waals surface area contributed by atoms with Crippen LogP contribution in [0.5, 0.6) is 11.5 Å². The average molecular weight is 265 g/mol. The molecule has 0 aliphatic rings. The smallest absolute Gasteiger partial charge is 0.399 e. The van der Waals surface area contributed by atoms with E-state index in [1.807, 2.05) is 0 Å². The van der Waals surface area contributed by atoms with E-state index in [9.17, 15) is 8.42 Å². The van der Waals surface area contributed by atoms with Crippen LogP contribution < -0.4 is 14.1 Å². The summed E-state index contributed by atoms with van der Waals surface area (Å²) in [5.74, 6) is 0.327. The zero-order valence-electron chi connectivity index (χ0n) is 9.31. The van der Waals surface area contributed by atoms with Crippen LogP contribution in [0.25, 0.3) is 0 Å². The first-order valence-corrected chi connectivity index (χ1v) is 6.43. The Morgan fingerprint density at radius 1 is 0.778 bits per heavy atom. The maximum atomic E-state index is 11.6. The lowest BCUT2D eigenvalue weighted by atomic mass is 10.3. The summed E-state index contributed by atoms with van der Waals surface area (Å²) in [7, 11) is -4.14. The zero-order valence-corrected chi connectivity index (χ0v) is 10.1. The van der Waals surface area contributed by atoms with Gasteiger partial charge in [0.05, 0.1) is 0 Å². The Morgan fingerprint density at radius 2 is 1.28 bits per heavy atom. The molecule has 2 rings (SSSR count). The molecular formula is C12H11NO4S. The van der Waals surface area contributed by atoms with Crippen molar-refractivity contribution in [3.8, 4) is 11.5 Å². The molecule has 2 aromatic carbocycles. The Kier molecular flexibility index (Phi) is 3.38. The van der Waals surface area contributed by atoms with Crippen LogP contribution in [0.1, 0.15) is 0 Å². The van der Waals surface area contributed by atoms with Crippen molar-refractivity contribution < 1.29 is 16.8 Å². The van der Waals surface area contributed by atoms with Crippen molar-refractivity contribution in [2.75, 3.05) is 5.73 Å². The van der Waals surface area contributed by atoms with Gasteiger partial charge in [0.2, 0.25) is 0 Å². The van der Waals surface area contributed by atoms with Crippen LogP contribution >= 0.6 is 0 Å². The Bertz CT molecular complexity index is 608. The second-order valence-corrected chi connectivity index (χ2v) is 4.61. The third kappa shape index (κ3) is 3.39. The van der Waals surface area contributed by atoms with Crippen molar-refractivity contribution in [3.05, 3.63) is 54.6 Å². The van der Waals surface area contributed by atoms with Gasteiger partial charge in [-0.15, -0.1) is 8.42 Å². The highest BCUT2D eigenvalue weighted by Crippen LogP contribution is 2.18. The summed E-state index contributed by atoms with van der Waals surface area (Å²) in [6, 6.07) is 14.1. The number of hydrogen-bond donors (Lipinski definition) is 1. The summed E-state index contributed by atoms with van der Waals surface area (Å²) in [5.41, 5.74) is 6.00. The van der Waals surface area contributed by atoms with Crippen LogP contribution in [-0.2, 0) is 10.4 Å². The first-order valence-electron chi connectivity index (χ1n) is 5.10. The first kappa shape index (κ1) is 12.3. The van der Waals surface area contributed by atoms with Crippen molar-refractivity contribution >= 4 is 16.1 Å². The Balaban J connectivity index is 2.10. The number of nitrogen functional groups attached to an aromatic ring is 1. The molecule has 0 bridgehead atoms. The van der Waals surface area contributed by atoms with Crippen LogP contribution in [-0.4, -0.2) is 8.42 Å². The Hall–Kier alpha value is -2.21. The van der Waals surface area contributed by atoms with Gasteiger partial charge in [0.25, 0.3) is 0 Å². The van der Waals surface area contributed by atoms with Gasteiger partial charge in [-0.2, -0.15) is 0 Å². The van der Waals surface area contributed by atoms with Crippen molar-refractivity contribution in [2.45, 2.75) is 0 Å². The van der Waals surface area contributed by atoms with Crippen molar-refractivity contribution in [1.82, 2.24) is 0 Å². The third-order valence-electron chi connectivity index (χ3n) is 2.02. The molecule has 0 fully saturated rings. The quantitative estimate of drug-likeness (QED) is 0.855. The van der Waals surface area contributed by atoms with E-state index in [2.05, 4.69) is 0 Å². The number of anilines is 1. The van der Waals surface area contributed by atoms with E-state index in [0.29, 0.717) is 5.69 Å². The molecule has 2 aromatic rings. The largest absolute Gasteiger partial charge is 0.500 e. The maximum Gasteiger partial charge on any atom is 0.500 e. The van der Waals surface area contributed by atoms with Gasteiger partial charge in [0, 0.05) is 5.69 Å². The SMILES string of the molecule is Nc1ccc(OS(=O)(=O)Oc2ccccc2)cc1. The number of para-hydroxylation sites is 1. The van der Waals surface area contributed by atoms with Crippen molar-refractivity contribution in [1.29, 1.82) is 0 Å². The lowest BCUT2D eigenvalue weighted by Gasteiger charge is -2.07. The van der Waals surface area contributed by atoms with Crippen molar-refractivity contribution in [3.63, 3.8) is 0 Å². The highest BCUT2D eigenvalue weighted by atomic mass is 32.3. The van der Waals surface area contributed by atoms with Crippen LogP contribution in [0.2, 0.25) is 0 Å². The van der Waals surface area contributed by atoms with Gasteiger partial charge < -0.3 is 14.1 Å². The molecule has 18 heavy (non-hydrogen) atoms. The molecule has 0 atom stereocenters. The second kappa shape index (κ2) is 4.97. The van der Waals surface area contributed by atoms with Gasteiger partial charge in [-0.05, 0) is 36.4 Å². The monoisotopic (exact) mass is 265 g/mol. The number of rotatable bonds is 4. The van der Waals surface area contributed by atoms with Gasteiger partial charge in [-0.1, -0.05) is 18.2 Å². The van der Waals surface area contributed by atoms with Crippen LogP contribution in [0.15, 0.2) is 54.6 Å². The van der Waals surface area contributed by atoms with E-state index in [1.54, 1.807) is 18.2 Å². The number of hydrogen-bond acceptors (Lipinski definition) is 5. The molecule has 0 heterocycles. The normalized spacial score (nSPS) is 10.9. The highest BCUT2D eigenvalue weighted by Gasteiger charge is 2.15. The second-order valence-electron chi connectivity index (χ2n) is 3.46. The van der Waals surface area contributed by atoms with E-state index in [0.717, 1.165) is 0 Å². The summed E-state index contributed by atoms with van der Waals surface area (Å²) in [6.45, 7) is 0. The van der Waals surface area contributed by atoms with Crippen LogP contribution in [0, 0.1) is 0 Å². The Morgan fingerprint density at radius 3 is 1.83 bits per heavy atom. The molecule has 94 valence electrons. The fourth-order valence-corrected chi connectivity index (χ4v) is 1.98. The lowest BCUT2D eigenvalue weighted by Crippen LogP contribution is -2.16. The molecular weight excluding hydrogens is 254 g/mol. The first-order chi connectivity index (χ1) is 8.55. The van der Waals surface area contributed by atoms with Crippen molar-refractivity contribution in [2.24, 2.45) is 0 Å². The molecule has 0 saturated carbocycles. The predicted octanol–water partition coefficient (Wildman–Crippen LogP) is 1.97. The van der Waals surface area contributed by atoms with Gasteiger partial charge in [-0.25, -0.2) is 0 Å². The van der Waals surface area contributed by atoms with E-state index in [1.165, 1.54) is 36.4 Å². The minimum absolute atomic E-state index is 0.139. The fourth-order valence-electron chi connectivity index (χ4n) is 1.25. The summed E-state index contributed by atoms with van der Waals surface area (Å²) < 4.78 is 32.7. The molecule has 0 spiro atoms. The standard InChI is InChI=1S/C12H11NO4S/c13-10-6-8-12(9-7-10)17-18(14,15)16-11-4-2-1-3-5-11/h1-9H,13H2. The molecule has 0 aliphatic carbocycles. The predicted molar refractivity (Wildman–Crippen MR) is 67.5 cm³/mol. The number of benzene rings is 2. The molecule has 0 amide bonds. The molecule has 0 aliphatic heterocycles. The topological polar surface area (TPSA) is 78.6 Å². The minimum atomic E-state index is -4.14. The molecule has 0 unspecified atom stereocenters. The third-order valence-corrected chi connectivity index (χ3v) is 2.81. The fraction of sp³-hybridized carbons (Fsp3) is 0. The summed E-state index contributed by atoms with van der Waals surface area (Å²) in [5, 5.41) is 0. The molecule has 0 saturated heterocycles. The summed E-state index contributed by atoms with van der Waals surface area (Å²) in [4.78, 5) is 0. The van der Waals surface area contributed by atoms with Gasteiger partial charge in [0.1, 0.15) is 11.5 Å². The maximum absolute atomic E-state index is 11.6. The molecule has 0 radical (unpaired) electrons. The molecule has 2 N–H and O–H groups in total. The van der Waals surface area contributed by atoms with Gasteiger partial charge in [-0.3, -0.25) is 0 Å². The lowest BCUT2D eigenvalue weighted by molar-refractivity contribution is 0.392. The van der Waals surface area contributed by atoms with E-state index < -0.39 is 10.4 Å². The van der Waals surface area contributed by atoms with E-state index >= 15 is 0 Å². The highest BCUT2D eigenvalue weighted by molar-refractivity contribution is 7.82. The molecule has 0 aromatic heterocycles. The minimum Gasteiger partial charge on any atom is -0.399 e. The Labute approximate surface area is 105 Å². The molecule has 5 nitrogen and oxygen atoms in total. The number of nitrogens with two attached hydrogens (primary N) is 1. The average Bonchev–Trinajstić information content (AvgIpc) is 2.32.